The molecule has 1 aromatic heterocycles. The van der Waals surface area contributed by atoms with Gasteiger partial charge < -0.3 is 37.2 Å². The van der Waals surface area contributed by atoms with Crippen molar-refractivity contribution in [3.63, 3.8) is 0 Å². The summed E-state index contributed by atoms with van der Waals surface area (Å²) in [5.74, 6) is 0. The van der Waals surface area contributed by atoms with Crippen LogP contribution >= 0.6 is 11.6 Å². The van der Waals surface area contributed by atoms with E-state index in [9.17, 15) is 0 Å². The fraction of sp³-hybridized carbons (Fsp3) is 0.513. The van der Waals surface area contributed by atoms with Gasteiger partial charge in [0.25, 0.3) is 0 Å². The minimum absolute atomic E-state index is 0. The quantitative estimate of drug-likeness (QED) is 0.164. The smallest absolute Gasteiger partial charge is 1.00 e. The van der Waals surface area contributed by atoms with Crippen LogP contribution in [0.3, 0.4) is 0 Å². The molecule has 0 aliphatic heterocycles. The number of hydrogen-bond acceptors (Lipinski definition) is 3. The molecule has 0 bridgehead atoms. The van der Waals surface area contributed by atoms with Gasteiger partial charge in [-0.3, -0.25) is 9.98 Å². The molecule has 0 atom stereocenters. The predicted octanol–water partition coefficient (Wildman–Crippen LogP) is 3.01. The van der Waals surface area contributed by atoms with E-state index in [1.807, 2.05) is 12.1 Å². The number of hydrogen-bond donors (Lipinski definition) is 0. The second-order valence-electron chi connectivity index (χ2n) is 12.2. The molecule has 0 spiro atoms. The van der Waals surface area contributed by atoms with Gasteiger partial charge in [-0.25, -0.2) is 4.98 Å². The van der Waals surface area contributed by atoms with E-state index in [-0.39, 0.29) is 54.3 Å². The molecule has 3 rings (SSSR count). The van der Waals surface area contributed by atoms with E-state index >= 15 is 0 Å². The van der Waals surface area contributed by atoms with Crippen LogP contribution in [0.5, 0.6) is 0 Å². The maximum Gasteiger partial charge on any atom is 3.00 e. The monoisotopic (exact) mass is 760 g/mol. The third-order valence-electron chi connectivity index (χ3n) is 8.11. The number of unbranched alkanes of at least 4 members (excludes halogenated alkanes) is 4. The molecule has 3 nitrogen and oxygen atoms in total. The van der Waals surface area contributed by atoms with Gasteiger partial charge in [-0.1, -0.05) is 100 Å². The van der Waals surface area contributed by atoms with Crippen molar-refractivity contribution >= 4 is 34.4 Å². The van der Waals surface area contributed by atoms with Crippen LogP contribution in [0.15, 0.2) is 46.4 Å². The van der Waals surface area contributed by atoms with Crippen LogP contribution in [-0.2, 0) is 42.8 Å². The average molecular weight is 763 g/mol. The minimum Gasteiger partial charge on any atom is -1.00 e. The van der Waals surface area contributed by atoms with E-state index in [4.69, 9.17) is 26.6 Å². The van der Waals surface area contributed by atoms with Crippen molar-refractivity contribution in [2.24, 2.45) is 9.98 Å². The fourth-order valence-electron chi connectivity index (χ4n) is 5.70. The summed E-state index contributed by atoms with van der Waals surface area (Å²) in [5, 5.41) is 0.659. The second kappa shape index (κ2) is 24.7. The Morgan fingerprint density at radius 2 is 0.830 bits per heavy atom. The van der Waals surface area contributed by atoms with Gasteiger partial charge in [-0.05, 0) is 113 Å². The number of benzene rings is 2. The van der Waals surface area contributed by atoms with Crippen LogP contribution in [0.25, 0.3) is 0 Å². The topological polar surface area (TPSA) is 37.6 Å². The van der Waals surface area contributed by atoms with Crippen LogP contribution in [-0.4, -0.2) is 16.4 Å². The molecular weight excluding hydrogens is 708 g/mol. The van der Waals surface area contributed by atoms with E-state index < -0.39 is 0 Å². The first-order chi connectivity index (χ1) is 20.7. The molecule has 47 heavy (non-hydrogen) atoms. The van der Waals surface area contributed by atoms with Crippen molar-refractivity contribution in [2.45, 2.75) is 132 Å². The number of rotatable bonds is 16. The van der Waals surface area contributed by atoms with Crippen molar-refractivity contribution < 1.29 is 54.3 Å². The molecule has 261 valence electrons. The van der Waals surface area contributed by atoms with Gasteiger partial charge in [0.1, 0.15) is 0 Å². The summed E-state index contributed by atoms with van der Waals surface area (Å²) in [5.41, 5.74) is 13.6. The average Bonchev–Trinajstić information content (AvgIpc) is 2.98. The first-order valence-electron chi connectivity index (χ1n) is 16.7. The number of halogens is 4. The molecule has 0 aliphatic carbocycles. The third kappa shape index (κ3) is 14.5. The second-order valence-corrected chi connectivity index (χ2v) is 12.7. The summed E-state index contributed by atoms with van der Waals surface area (Å²) < 4.78 is 0. The van der Waals surface area contributed by atoms with Gasteiger partial charge in [-0.15, -0.1) is 0 Å². The molecule has 0 saturated heterocycles. The van der Waals surface area contributed by atoms with Crippen LogP contribution in [0.2, 0.25) is 5.02 Å². The first-order valence-corrected chi connectivity index (χ1v) is 17.1. The maximum absolute atomic E-state index is 6.73. The molecule has 3 aromatic rings. The summed E-state index contributed by atoms with van der Waals surface area (Å²) in [7, 11) is 0. The van der Waals surface area contributed by atoms with Crippen LogP contribution in [0, 0.1) is 13.8 Å². The van der Waals surface area contributed by atoms with E-state index in [0.29, 0.717) is 5.02 Å². The summed E-state index contributed by atoms with van der Waals surface area (Å²) in [6, 6.07) is 13.1. The number of pyridine rings is 1. The molecule has 1 radical (unpaired) electrons. The first kappa shape index (κ1) is 47.7. The SMILES string of the molecule is CCCCc1cc(C)cc(CCCC)c1N=C(C)c1cc(Cl)cc(C(C)=Nc2c(CCCC)cc(C)cc2CCCC)n1.[Cl-].[Cl-].[Cl-].[Fe+3]. The van der Waals surface area contributed by atoms with Gasteiger partial charge in [0.2, 0.25) is 0 Å². The Balaban J connectivity index is 0. The molecular formula is C39H54Cl4FeN3. The fourth-order valence-corrected chi connectivity index (χ4v) is 5.91. The van der Waals surface area contributed by atoms with Gasteiger partial charge in [0, 0.05) is 5.02 Å². The zero-order valence-corrected chi connectivity index (χ0v) is 33.8. The molecule has 1 heterocycles. The molecule has 8 heteroatoms. The molecule has 0 fully saturated rings. The zero-order valence-electron chi connectivity index (χ0n) is 29.7. The molecule has 0 amide bonds. The Morgan fingerprint density at radius 3 is 1.09 bits per heavy atom. The number of nitrogens with zero attached hydrogens (tertiary/aromatic N) is 3. The molecule has 0 unspecified atom stereocenters. The Bertz CT molecular complexity index is 1270. The Kier molecular flexibility index (Phi) is 25.1. The van der Waals surface area contributed by atoms with E-state index in [1.54, 1.807) is 0 Å². The van der Waals surface area contributed by atoms with E-state index in [1.165, 1.54) is 59.1 Å². The Morgan fingerprint density at radius 1 is 0.553 bits per heavy atom. The molecule has 0 saturated carbocycles. The standard InChI is InChI=1S/C39H54ClN3.3ClH.Fe/c1-9-13-17-31-21-27(5)22-32(18-14-10-2)38(31)41-29(7)36-25-35(40)26-37(43-36)30(8)42-39-33(19-15-11-3)23-28(6)24-34(39)20-16-12-4;;;;/h21-26H,9-20H2,1-8H3;3*1H;/q;;;;+3/p-3. The summed E-state index contributed by atoms with van der Waals surface area (Å²) in [6.07, 6.45) is 13.5. The number of aliphatic imine (C=N–C) groups is 2. The number of aryl methyl sites for hydroxylation is 6. The third-order valence-corrected chi connectivity index (χ3v) is 8.33. The Hall–Kier alpha value is -1.39. The van der Waals surface area contributed by atoms with Gasteiger partial charge in [-0.2, -0.15) is 0 Å². The van der Waals surface area contributed by atoms with Crippen LogP contribution < -0.4 is 37.2 Å². The molecule has 0 aliphatic rings. The van der Waals surface area contributed by atoms with Crippen molar-refractivity contribution in [1.82, 2.24) is 4.98 Å². The molecule has 2 aromatic carbocycles. The van der Waals surface area contributed by atoms with Crippen molar-refractivity contribution in [3.8, 4) is 0 Å². The summed E-state index contributed by atoms with van der Waals surface area (Å²) in [4.78, 5) is 15.6. The molecule has 0 N–H and O–H groups in total. The van der Waals surface area contributed by atoms with Gasteiger partial charge in [0.15, 0.2) is 0 Å². The normalized spacial score (nSPS) is 11.3. The Labute approximate surface area is 320 Å². The van der Waals surface area contributed by atoms with Crippen LogP contribution in [0.4, 0.5) is 11.4 Å². The van der Waals surface area contributed by atoms with E-state index in [2.05, 4.69) is 79.7 Å². The van der Waals surface area contributed by atoms with Crippen molar-refractivity contribution in [3.05, 3.63) is 86.2 Å². The predicted molar refractivity (Wildman–Crippen MR) is 190 cm³/mol. The van der Waals surface area contributed by atoms with Crippen molar-refractivity contribution in [2.75, 3.05) is 0 Å². The van der Waals surface area contributed by atoms with E-state index in [0.717, 1.165) is 85.6 Å². The minimum atomic E-state index is 0. The summed E-state index contributed by atoms with van der Waals surface area (Å²) >= 11 is 6.73. The van der Waals surface area contributed by atoms with Gasteiger partial charge >= 0.3 is 17.1 Å². The zero-order chi connectivity index (χ0) is 31.4. The number of aromatic nitrogens is 1. The van der Waals surface area contributed by atoms with Gasteiger partial charge in [0.05, 0.1) is 34.2 Å². The van der Waals surface area contributed by atoms with Crippen LogP contribution in [0.1, 0.15) is 138 Å². The van der Waals surface area contributed by atoms with Crippen molar-refractivity contribution in [1.29, 1.82) is 0 Å². The largest absolute Gasteiger partial charge is 3.00 e. The summed E-state index contributed by atoms with van der Waals surface area (Å²) in [6.45, 7) is 17.5. The maximum atomic E-state index is 6.73.